The monoisotopic (exact) mass is 924 g/mol. The molecule has 13 aromatic rings. The van der Waals surface area contributed by atoms with E-state index in [1.165, 1.54) is 66.1 Å². The van der Waals surface area contributed by atoms with Gasteiger partial charge in [-0.3, -0.25) is 4.98 Å². The minimum absolute atomic E-state index is 0.569. The molecule has 0 unspecified atom stereocenters. The molecule has 0 bridgehead atoms. The molecular formula is C66H48N6. The Morgan fingerprint density at radius 2 is 0.806 bits per heavy atom. The predicted octanol–water partition coefficient (Wildman–Crippen LogP) is 16.7. The van der Waals surface area contributed by atoms with Crippen molar-refractivity contribution < 1.29 is 0 Å². The molecule has 4 aromatic heterocycles. The number of fused-ring (bicyclic) bond motifs is 6. The fourth-order valence-corrected chi connectivity index (χ4v) is 10.9. The van der Waals surface area contributed by atoms with Crippen molar-refractivity contribution in [3.8, 4) is 78.9 Å². The summed E-state index contributed by atoms with van der Waals surface area (Å²) in [6.45, 7) is 8.70. The lowest BCUT2D eigenvalue weighted by Crippen LogP contribution is -2.04. The molecular weight excluding hydrogens is 877 g/mol. The number of rotatable bonds is 8. The lowest BCUT2D eigenvalue weighted by atomic mass is 9.97. The van der Waals surface area contributed by atoms with Crippen LogP contribution >= 0.6 is 0 Å². The van der Waals surface area contributed by atoms with E-state index in [2.05, 4.69) is 207 Å². The molecule has 0 saturated heterocycles. The zero-order valence-electron chi connectivity index (χ0n) is 40.5. The standard InChI is InChI=1S/C66H48N6/c1-41-23-28-50(43(3)35-41)47-25-31-61-56(37-47)52-19-11-13-21-59(52)71(61)49-27-30-54(66-69-64(45-15-7-5-8-16-45)68-65(70-66)46-17-9-6-10-18-46)55(39-49)58-40-67-34-33-63(58)72-60-22-14-12-20-53(60)57-38-48(26-32-62(57)72)51-29-24-42(2)36-44(51)4/h5-40H,1-4H3. The van der Waals surface area contributed by atoms with E-state index in [9.17, 15) is 0 Å². The number of hydrogen-bond donors (Lipinski definition) is 0. The van der Waals surface area contributed by atoms with E-state index >= 15 is 0 Å². The number of nitrogens with zero attached hydrogens (tertiary/aromatic N) is 6. The summed E-state index contributed by atoms with van der Waals surface area (Å²) in [7, 11) is 0. The maximum absolute atomic E-state index is 5.32. The van der Waals surface area contributed by atoms with Gasteiger partial charge in [-0.2, -0.15) is 0 Å². The fraction of sp³-hybridized carbons (Fsp3) is 0.0606. The zero-order valence-corrected chi connectivity index (χ0v) is 40.5. The van der Waals surface area contributed by atoms with Gasteiger partial charge >= 0.3 is 0 Å². The Labute approximate surface area is 418 Å². The highest BCUT2D eigenvalue weighted by molar-refractivity contribution is 6.12. The molecule has 0 radical (unpaired) electrons. The lowest BCUT2D eigenvalue weighted by molar-refractivity contribution is 1.07. The van der Waals surface area contributed by atoms with Gasteiger partial charge in [0.2, 0.25) is 0 Å². The Morgan fingerprint density at radius 1 is 0.319 bits per heavy atom. The highest BCUT2D eigenvalue weighted by atomic mass is 15.0. The van der Waals surface area contributed by atoms with Gasteiger partial charge in [-0.05, 0) is 127 Å². The zero-order chi connectivity index (χ0) is 48.5. The summed E-state index contributed by atoms with van der Waals surface area (Å²) in [6.07, 6.45) is 3.90. The molecule has 0 aliphatic heterocycles. The third kappa shape index (κ3) is 7.26. The third-order valence-corrected chi connectivity index (χ3v) is 14.3. The topological polar surface area (TPSA) is 61.4 Å². The lowest BCUT2D eigenvalue weighted by Gasteiger charge is -2.18. The van der Waals surface area contributed by atoms with Crippen LogP contribution in [0, 0.1) is 27.7 Å². The van der Waals surface area contributed by atoms with Crippen LogP contribution in [0.1, 0.15) is 22.3 Å². The second kappa shape index (κ2) is 17.3. The van der Waals surface area contributed by atoms with Crippen molar-refractivity contribution >= 4 is 43.6 Å². The van der Waals surface area contributed by atoms with Crippen molar-refractivity contribution in [3.63, 3.8) is 0 Å². The molecule has 0 aliphatic carbocycles. The highest BCUT2D eigenvalue weighted by Gasteiger charge is 2.23. The molecule has 0 N–H and O–H groups in total. The van der Waals surface area contributed by atoms with Gasteiger partial charge in [0, 0.05) is 61.9 Å². The average molecular weight is 925 g/mol. The molecule has 0 aliphatic rings. The first kappa shape index (κ1) is 42.8. The van der Waals surface area contributed by atoms with Gasteiger partial charge in [-0.1, -0.05) is 157 Å². The van der Waals surface area contributed by atoms with E-state index < -0.39 is 0 Å². The molecule has 0 amide bonds. The van der Waals surface area contributed by atoms with Gasteiger partial charge in [0.05, 0.1) is 27.8 Å². The van der Waals surface area contributed by atoms with E-state index in [0.29, 0.717) is 17.5 Å². The Kier molecular flexibility index (Phi) is 10.3. The first-order valence-electron chi connectivity index (χ1n) is 24.5. The van der Waals surface area contributed by atoms with Crippen LogP contribution in [0.2, 0.25) is 0 Å². The summed E-state index contributed by atoms with van der Waals surface area (Å²) in [4.78, 5) is 20.6. The molecule has 0 atom stereocenters. The number of hydrogen-bond acceptors (Lipinski definition) is 4. The molecule has 6 nitrogen and oxygen atoms in total. The van der Waals surface area contributed by atoms with E-state index in [1.54, 1.807) is 0 Å². The first-order chi connectivity index (χ1) is 35.3. The van der Waals surface area contributed by atoms with E-state index in [0.717, 1.165) is 61.3 Å². The maximum atomic E-state index is 5.32. The summed E-state index contributed by atoms with van der Waals surface area (Å²) in [5.41, 5.74) is 20.9. The second-order valence-corrected chi connectivity index (χ2v) is 19.0. The summed E-state index contributed by atoms with van der Waals surface area (Å²) in [5.74, 6) is 1.77. The molecule has 72 heavy (non-hydrogen) atoms. The van der Waals surface area contributed by atoms with Gasteiger partial charge in [-0.25, -0.2) is 15.0 Å². The summed E-state index contributed by atoms with van der Waals surface area (Å²) in [5, 5.41) is 4.75. The summed E-state index contributed by atoms with van der Waals surface area (Å²) < 4.78 is 4.80. The molecule has 9 aromatic carbocycles. The summed E-state index contributed by atoms with van der Waals surface area (Å²) >= 11 is 0. The average Bonchev–Trinajstić information content (AvgIpc) is 3.93. The van der Waals surface area contributed by atoms with Gasteiger partial charge in [0.25, 0.3) is 0 Å². The smallest absolute Gasteiger partial charge is 0.164 e. The van der Waals surface area contributed by atoms with Crippen LogP contribution in [0.5, 0.6) is 0 Å². The second-order valence-electron chi connectivity index (χ2n) is 19.0. The minimum atomic E-state index is 0.569. The Hall–Kier alpha value is -9.26. The molecule has 0 spiro atoms. The predicted molar refractivity (Wildman–Crippen MR) is 298 cm³/mol. The first-order valence-corrected chi connectivity index (χ1v) is 24.5. The van der Waals surface area contributed by atoms with Gasteiger partial charge in [0.1, 0.15) is 0 Å². The van der Waals surface area contributed by atoms with Gasteiger partial charge < -0.3 is 9.13 Å². The van der Waals surface area contributed by atoms with Crippen molar-refractivity contribution in [2.24, 2.45) is 0 Å². The number of pyridine rings is 1. The van der Waals surface area contributed by atoms with Crippen LogP contribution < -0.4 is 0 Å². The van der Waals surface area contributed by atoms with Gasteiger partial charge in [-0.15, -0.1) is 0 Å². The summed E-state index contributed by atoms with van der Waals surface area (Å²) in [6, 6.07) is 73.9. The minimum Gasteiger partial charge on any atom is -0.309 e. The largest absolute Gasteiger partial charge is 0.309 e. The number of aromatic nitrogens is 6. The maximum Gasteiger partial charge on any atom is 0.164 e. The molecule has 342 valence electrons. The Balaban J connectivity index is 1.08. The van der Waals surface area contributed by atoms with Crippen LogP contribution in [0.15, 0.2) is 219 Å². The Morgan fingerprint density at radius 3 is 1.38 bits per heavy atom. The van der Waals surface area contributed by atoms with Crippen molar-refractivity contribution in [1.82, 2.24) is 29.1 Å². The number of benzene rings is 9. The molecule has 0 fully saturated rings. The van der Waals surface area contributed by atoms with Crippen molar-refractivity contribution in [1.29, 1.82) is 0 Å². The van der Waals surface area contributed by atoms with Crippen LogP contribution in [-0.2, 0) is 0 Å². The molecule has 0 saturated carbocycles. The fourth-order valence-electron chi connectivity index (χ4n) is 10.9. The van der Waals surface area contributed by atoms with Crippen LogP contribution in [-0.4, -0.2) is 29.1 Å². The quantitative estimate of drug-likeness (QED) is 0.152. The van der Waals surface area contributed by atoms with E-state index in [-0.39, 0.29) is 0 Å². The van der Waals surface area contributed by atoms with Crippen LogP contribution in [0.4, 0.5) is 0 Å². The third-order valence-electron chi connectivity index (χ3n) is 14.3. The van der Waals surface area contributed by atoms with Crippen LogP contribution in [0.25, 0.3) is 123 Å². The molecule has 6 heteroatoms. The van der Waals surface area contributed by atoms with Crippen molar-refractivity contribution in [2.75, 3.05) is 0 Å². The van der Waals surface area contributed by atoms with E-state index in [4.69, 9.17) is 19.9 Å². The molecule has 4 heterocycles. The van der Waals surface area contributed by atoms with Crippen molar-refractivity contribution in [3.05, 3.63) is 241 Å². The Bertz CT molecular complexity index is 4200. The van der Waals surface area contributed by atoms with Gasteiger partial charge in [0.15, 0.2) is 17.5 Å². The highest BCUT2D eigenvalue weighted by Crippen LogP contribution is 2.43. The van der Waals surface area contributed by atoms with Crippen molar-refractivity contribution in [2.45, 2.75) is 27.7 Å². The normalized spacial score (nSPS) is 11.6. The number of aryl methyl sites for hydroxylation is 4. The SMILES string of the molecule is Cc1ccc(-c2ccc3c(c2)c2ccccc2n3-c2ccc(-c3nc(-c4ccccc4)nc(-c4ccccc4)n3)c(-c3cnccc3-n3c4ccccc4c4cc(-c5ccc(C)cc5C)ccc43)c2)c(C)c1. The van der Waals surface area contributed by atoms with Crippen LogP contribution in [0.3, 0.4) is 0 Å². The molecule has 13 rings (SSSR count). The number of para-hydroxylation sites is 2. The van der Waals surface area contributed by atoms with E-state index in [1.807, 2.05) is 48.8 Å².